The maximum atomic E-state index is 12.3. The van der Waals surface area contributed by atoms with Crippen LogP contribution in [-0.2, 0) is 0 Å². The van der Waals surface area contributed by atoms with E-state index in [1.807, 2.05) is 12.1 Å². The summed E-state index contributed by atoms with van der Waals surface area (Å²) < 4.78 is 0. The van der Waals surface area contributed by atoms with Crippen LogP contribution < -0.4 is 0 Å². The standard InChI is InChI=1S/2C16H10N4O2/c2*21-15-11-12(14(20-15)10-6-2-4-8-18-10)16(22)19-13(11)9-5-1-3-7-17-9/h2*1-8,19,22H. The van der Waals surface area contributed by atoms with Crippen molar-refractivity contribution in [1.82, 2.24) is 29.9 Å². The molecule has 0 unspecified atom stereocenters. The first kappa shape index (κ1) is 26.3. The molecule has 12 heteroatoms. The Balaban J connectivity index is 0.000000142. The van der Waals surface area contributed by atoms with Crippen LogP contribution in [0.1, 0.15) is 43.2 Å². The molecule has 2 amide bonds. The highest BCUT2D eigenvalue weighted by molar-refractivity contribution is 6.30. The third-order valence-corrected chi connectivity index (χ3v) is 6.95. The second-order valence-electron chi connectivity index (χ2n) is 9.59. The highest BCUT2D eigenvalue weighted by Crippen LogP contribution is 2.38. The molecule has 0 spiro atoms. The van der Waals surface area contributed by atoms with Gasteiger partial charge < -0.3 is 20.2 Å². The number of pyridine rings is 4. The van der Waals surface area contributed by atoms with Crippen LogP contribution in [0.4, 0.5) is 0 Å². The first-order valence-corrected chi connectivity index (χ1v) is 13.3. The molecule has 8 rings (SSSR count). The number of carbonyl (C=O) groups excluding carboxylic acids is 2. The van der Waals surface area contributed by atoms with Gasteiger partial charge in [0, 0.05) is 24.8 Å². The Morgan fingerprint density at radius 2 is 0.795 bits per heavy atom. The van der Waals surface area contributed by atoms with E-state index in [0.29, 0.717) is 67.8 Å². The van der Waals surface area contributed by atoms with E-state index < -0.39 is 11.8 Å². The largest absolute Gasteiger partial charge is 0.494 e. The number of aromatic hydroxyl groups is 2. The smallest absolute Gasteiger partial charge is 0.280 e. The fourth-order valence-corrected chi connectivity index (χ4v) is 5.07. The number of amides is 2. The highest BCUT2D eigenvalue weighted by atomic mass is 16.3. The minimum absolute atomic E-state index is 0.106. The average Bonchev–Trinajstić information content (AvgIpc) is 3.81. The van der Waals surface area contributed by atoms with Crippen LogP contribution in [0.25, 0.3) is 22.8 Å². The van der Waals surface area contributed by atoms with Crippen LogP contribution >= 0.6 is 0 Å². The number of nitrogens with one attached hydrogen (secondary N) is 2. The zero-order chi connectivity index (χ0) is 30.2. The molecule has 0 saturated heterocycles. The summed E-state index contributed by atoms with van der Waals surface area (Å²) in [5.41, 5.74) is 5.32. The van der Waals surface area contributed by atoms with Crippen LogP contribution in [0, 0.1) is 0 Å². The zero-order valence-corrected chi connectivity index (χ0v) is 22.6. The molecule has 0 atom stereocenters. The van der Waals surface area contributed by atoms with E-state index in [1.54, 1.807) is 85.5 Å². The Labute approximate surface area is 248 Å². The third-order valence-electron chi connectivity index (χ3n) is 6.95. The van der Waals surface area contributed by atoms with Crippen molar-refractivity contribution in [2.24, 2.45) is 9.98 Å². The summed E-state index contributed by atoms with van der Waals surface area (Å²) in [4.78, 5) is 55.1. The van der Waals surface area contributed by atoms with Gasteiger partial charge in [0.05, 0.1) is 56.4 Å². The molecule has 0 saturated carbocycles. The SMILES string of the molecule is O=C1N=C(c2ccccn2)c2c(O)[nH]c(-c3ccccn3)c21.O=C1N=C(c2ccccn2)c2c(O)[nH]c(-c3ccccn3)c21. The molecule has 0 aromatic carbocycles. The maximum Gasteiger partial charge on any atom is 0.280 e. The fourth-order valence-electron chi connectivity index (χ4n) is 5.07. The van der Waals surface area contributed by atoms with Crippen LogP contribution in [0.5, 0.6) is 11.8 Å². The lowest BCUT2D eigenvalue weighted by atomic mass is 10.0. The molecule has 2 aliphatic rings. The minimum Gasteiger partial charge on any atom is -0.494 e. The van der Waals surface area contributed by atoms with E-state index in [2.05, 4.69) is 39.9 Å². The first-order chi connectivity index (χ1) is 21.5. The van der Waals surface area contributed by atoms with Gasteiger partial charge in [-0.1, -0.05) is 24.3 Å². The molecule has 4 N–H and O–H groups in total. The number of fused-ring (bicyclic) bond motifs is 2. The summed E-state index contributed by atoms with van der Waals surface area (Å²) in [6.07, 6.45) is 6.48. The van der Waals surface area contributed by atoms with Crippen LogP contribution in [0.3, 0.4) is 0 Å². The second-order valence-corrected chi connectivity index (χ2v) is 9.59. The third kappa shape index (κ3) is 4.43. The van der Waals surface area contributed by atoms with E-state index in [0.717, 1.165) is 0 Å². The molecule has 6 aromatic rings. The van der Waals surface area contributed by atoms with E-state index in [-0.39, 0.29) is 11.8 Å². The fraction of sp³-hybridized carbons (Fsp3) is 0. The van der Waals surface area contributed by atoms with Crippen molar-refractivity contribution in [3.05, 3.63) is 131 Å². The number of nitrogens with zero attached hydrogens (tertiary/aromatic N) is 6. The molecule has 0 fully saturated rings. The Morgan fingerprint density at radius 1 is 0.455 bits per heavy atom. The predicted molar refractivity (Wildman–Crippen MR) is 160 cm³/mol. The van der Waals surface area contributed by atoms with Gasteiger partial charge >= 0.3 is 0 Å². The number of hydrogen-bond donors (Lipinski definition) is 4. The van der Waals surface area contributed by atoms with Gasteiger partial charge in [-0.3, -0.25) is 29.5 Å². The van der Waals surface area contributed by atoms with Crippen molar-refractivity contribution in [3.8, 4) is 34.5 Å². The van der Waals surface area contributed by atoms with Gasteiger partial charge in [-0.15, -0.1) is 0 Å². The van der Waals surface area contributed by atoms with Crippen molar-refractivity contribution < 1.29 is 19.8 Å². The van der Waals surface area contributed by atoms with Gasteiger partial charge in [0.2, 0.25) is 0 Å². The van der Waals surface area contributed by atoms with Gasteiger partial charge in [-0.2, -0.15) is 0 Å². The lowest BCUT2D eigenvalue weighted by Crippen LogP contribution is -2.02. The van der Waals surface area contributed by atoms with Crippen LogP contribution in [0.15, 0.2) is 108 Å². The van der Waals surface area contributed by atoms with E-state index in [1.165, 1.54) is 0 Å². The lowest BCUT2D eigenvalue weighted by molar-refractivity contribution is 0.0998. The van der Waals surface area contributed by atoms with Crippen molar-refractivity contribution in [3.63, 3.8) is 0 Å². The second kappa shape index (κ2) is 10.7. The van der Waals surface area contributed by atoms with Crippen molar-refractivity contribution >= 4 is 23.2 Å². The first-order valence-electron chi connectivity index (χ1n) is 13.3. The summed E-state index contributed by atoms with van der Waals surface area (Å²) in [5, 5.41) is 20.4. The summed E-state index contributed by atoms with van der Waals surface area (Å²) >= 11 is 0. The van der Waals surface area contributed by atoms with Gasteiger partial charge in [0.25, 0.3) is 11.8 Å². The molecule has 8 heterocycles. The molecule has 44 heavy (non-hydrogen) atoms. The number of aromatic nitrogens is 6. The van der Waals surface area contributed by atoms with E-state index in [4.69, 9.17) is 0 Å². The van der Waals surface area contributed by atoms with Gasteiger partial charge in [-0.25, -0.2) is 9.98 Å². The number of aromatic amines is 2. The molecular weight excluding hydrogens is 560 g/mol. The summed E-state index contributed by atoms with van der Waals surface area (Å²) in [7, 11) is 0. The Morgan fingerprint density at radius 3 is 1.11 bits per heavy atom. The summed E-state index contributed by atoms with van der Waals surface area (Å²) in [6.45, 7) is 0. The topological polar surface area (TPSA) is 182 Å². The monoisotopic (exact) mass is 580 g/mol. The Kier molecular flexibility index (Phi) is 6.40. The quantitative estimate of drug-likeness (QED) is 0.237. The van der Waals surface area contributed by atoms with Crippen LogP contribution in [0.2, 0.25) is 0 Å². The van der Waals surface area contributed by atoms with Gasteiger partial charge in [-0.05, 0) is 48.5 Å². The molecule has 0 aliphatic carbocycles. The Bertz CT molecular complexity index is 1950. The molecule has 2 aliphatic heterocycles. The van der Waals surface area contributed by atoms with Crippen molar-refractivity contribution in [2.75, 3.05) is 0 Å². The Hall–Kier alpha value is -6.56. The average molecular weight is 581 g/mol. The number of hydrogen-bond acceptors (Lipinski definition) is 8. The van der Waals surface area contributed by atoms with Crippen molar-refractivity contribution in [1.29, 1.82) is 0 Å². The molecular formula is C32H20N8O4. The van der Waals surface area contributed by atoms with Gasteiger partial charge in [0.15, 0.2) is 11.8 Å². The molecule has 12 nitrogen and oxygen atoms in total. The number of rotatable bonds is 4. The normalized spacial score (nSPS) is 13.1. The zero-order valence-electron chi connectivity index (χ0n) is 22.6. The van der Waals surface area contributed by atoms with E-state index in [9.17, 15) is 19.8 Å². The van der Waals surface area contributed by atoms with Gasteiger partial charge in [0.1, 0.15) is 11.4 Å². The maximum absolute atomic E-state index is 12.3. The number of aliphatic imine (C=N–C) groups is 2. The van der Waals surface area contributed by atoms with Crippen LogP contribution in [-0.4, -0.2) is 63.4 Å². The summed E-state index contributed by atoms with van der Waals surface area (Å²) in [5.74, 6) is -1.03. The molecule has 212 valence electrons. The number of carbonyl (C=O) groups is 2. The molecule has 0 radical (unpaired) electrons. The highest BCUT2D eigenvalue weighted by Gasteiger charge is 2.35. The summed E-state index contributed by atoms with van der Waals surface area (Å²) in [6, 6.07) is 21.4. The molecule has 0 bridgehead atoms. The van der Waals surface area contributed by atoms with E-state index >= 15 is 0 Å². The minimum atomic E-state index is -0.409. The molecule has 6 aromatic heterocycles. The number of H-pyrrole nitrogens is 2. The predicted octanol–water partition coefficient (Wildman–Crippen LogP) is 4.34. The van der Waals surface area contributed by atoms with Crippen molar-refractivity contribution in [2.45, 2.75) is 0 Å². The lowest BCUT2D eigenvalue weighted by Gasteiger charge is -1.99.